The van der Waals surface area contributed by atoms with Crippen molar-refractivity contribution in [3.05, 3.63) is 35.9 Å². The van der Waals surface area contributed by atoms with Crippen molar-refractivity contribution in [1.82, 2.24) is 4.98 Å². The van der Waals surface area contributed by atoms with Crippen LogP contribution in [-0.2, 0) is 11.3 Å². The van der Waals surface area contributed by atoms with Crippen LogP contribution in [0.3, 0.4) is 0 Å². The van der Waals surface area contributed by atoms with E-state index in [1.165, 1.54) is 6.42 Å². The zero-order valence-corrected chi connectivity index (χ0v) is 12.6. The van der Waals surface area contributed by atoms with Gasteiger partial charge in [-0.25, -0.2) is 4.98 Å². The van der Waals surface area contributed by atoms with Gasteiger partial charge in [0.2, 0.25) is 0 Å². The van der Waals surface area contributed by atoms with Crippen LogP contribution in [0.25, 0.3) is 10.9 Å². The van der Waals surface area contributed by atoms with E-state index in [0.29, 0.717) is 12.5 Å². The van der Waals surface area contributed by atoms with Gasteiger partial charge in [-0.15, -0.1) is 0 Å². The number of para-hydroxylation sites is 1. The SMILES string of the molecule is CN(CC1CCCOC1)c1nc2ccccc2cc1CN. The molecule has 0 radical (unpaired) electrons. The van der Waals surface area contributed by atoms with Gasteiger partial charge in [0.1, 0.15) is 5.82 Å². The molecule has 1 aromatic heterocycles. The summed E-state index contributed by atoms with van der Waals surface area (Å²) in [6.07, 6.45) is 2.39. The second kappa shape index (κ2) is 6.41. The fourth-order valence-corrected chi connectivity index (χ4v) is 3.06. The molecule has 2 N–H and O–H groups in total. The van der Waals surface area contributed by atoms with Gasteiger partial charge in [-0.2, -0.15) is 0 Å². The summed E-state index contributed by atoms with van der Waals surface area (Å²) in [6.45, 7) is 3.25. The molecule has 2 aromatic rings. The van der Waals surface area contributed by atoms with Gasteiger partial charge in [0.05, 0.1) is 12.1 Å². The molecule has 1 aliphatic heterocycles. The van der Waals surface area contributed by atoms with Crippen molar-refractivity contribution in [3.8, 4) is 0 Å². The van der Waals surface area contributed by atoms with E-state index in [4.69, 9.17) is 15.5 Å². The summed E-state index contributed by atoms with van der Waals surface area (Å²) in [5.41, 5.74) is 8.05. The monoisotopic (exact) mass is 285 g/mol. The zero-order chi connectivity index (χ0) is 14.7. The summed E-state index contributed by atoms with van der Waals surface area (Å²) in [5.74, 6) is 1.59. The average molecular weight is 285 g/mol. The molecule has 21 heavy (non-hydrogen) atoms. The molecule has 1 saturated heterocycles. The molecule has 3 rings (SSSR count). The maximum atomic E-state index is 5.92. The average Bonchev–Trinajstić information content (AvgIpc) is 2.54. The van der Waals surface area contributed by atoms with Gasteiger partial charge in [-0.3, -0.25) is 0 Å². The Hall–Kier alpha value is -1.65. The van der Waals surface area contributed by atoms with Gasteiger partial charge >= 0.3 is 0 Å². The molecule has 1 atom stereocenters. The number of hydrogen-bond acceptors (Lipinski definition) is 4. The number of fused-ring (bicyclic) bond motifs is 1. The lowest BCUT2D eigenvalue weighted by Crippen LogP contribution is -2.32. The van der Waals surface area contributed by atoms with E-state index in [1.807, 2.05) is 12.1 Å². The van der Waals surface area contributed by atoms with Crippen LogP contribution in [-0.4, -0.2) is 31.8 Å². The predicted octanol–water partition coefficient (Wildman–Crippen LogP) is 2.56. The van der Waals surface area contributed by atoms with E-state index in [2.05, 4.69) is 30.1 Å². The first-order chi connectivity index (χ1) is 10.3. The lowest BCUT2D eigenvalue weighted by Gasteiger charge is -2.29. The van der Waals surface area contributed by atoms with Gasteiger partial charge in [0.25, 0.3) is 0 Å². The maximum absolute atomic E-state index is 5.92. The number of benzene rings is 1. The van der Waals surface area contributed by atoms with Crippen LogP contribution in [0.2, 0.25) is 0 Å². The molecule has 112 valence electrons. The minimum absolute atomic E-state index is 0.513. The third-order valence-corrected chi connectivity index (χ3v) is 4.15. The zero-order valence-electron chi connectivity index (χ0n) is 12.6. The Kier molecular flexibility index (Phi) is 4.36. The topological polar surface area (TPSA) is 51.4 Å². The molecule has 4 nitrogen and oxygen atoms in total. The van der Waals surface area contributed by atoms with Crippen molar-refractivity contribution < 1.29 is 4.74 Å². The summed E-state index contributed by atoms with van der Waals surface area (Å²) in [6, 6.07) is 10.4. The minimum Gasteiger partial charge on any atom is -0.381 e. The largest absolute Gasteiger partial charge is 0.381 e. The highest BCUT2D eigenvalue weighted by Gasteiger charge is 2.18. The van der Waals surface area contributed by atoms with E-state index in [1.54, 1.807) is 0 Å². The Morgan fingerprint density at radius 3 is 3.00 bits per heavy atom. The summed E-state index contributed by atoms with van der Waals surface area (Å²) < 4.78 is 5.57. The highest BCUT2D eigenvalue weighted by atomic mass is 16.5. The quantitative estimate of drug-likeness (QED) is 0.938. The van der Waals surface area contributed by atoms with E-state index in [9.17, 15) is 0 Å². The molecule has 1 aliphatic rings. The van der Waals surface area contributed by atoms with Gasteiger partial charge < -0.3 is 15.4 Å². The molecule has 1 aromatic carbocycles. The Bertz CT molecular complexity index is 608. The molecule has 4 heteroatoms. The standard InChI is InChI=1S/C17H23N3O/c1-20(11-13-5-4-8-21-12-13)17-15(10-18)9-14-6-2-3-7-16(14)19-17/h2-3,6-7,9,13H,4-5,8,10-12,18H2,1H3. The highest BCUT2D eigenvalue weighted by molar-refractivity contribution is 5.81. The number of ether oxygens (including phenoxy) is 1. The molecule has 0 aliphatic carbocycles. The van der Waals surface area contributed by atoms with Gasteiger partial charge in [0, 0.05) is 37.7 Å². The third kappa shape index (κ3) is 3.17. The second-order valence-electron chi connectivity index (χ2n) is 5.83. The van der Waals surface area contributed by atoms with Crippen LogP contribution in [0.15, 0.2) is 30.3 Å². The summed E-state index contributed by atoms with van der Waals surface area (Å²) >= 11 is 0. The summed E-state index contributed by atoms with van der Waals surface area (Å²) in [7, 11) is 2.10. The number of pyridine rings is 1. The van der Waals surface area contributed by atoms with E-state index in [0.717, 1.165) is 48.5 Å². The molecule has 1 unspecified atom stereocenters. The molecule has 1 fully saturated rings. The van der Waals surface area contributed by atoms with Gasteiger partial charge in [0.15, 0.2) is 0 Å². The Morgan fingerprint density at radius 2 is 2.24 bits per heavy atom. The van der Waals surface area contributed by atoms with Crippen molar-refractivity contribution in [3.63, 3.8) is 0 Å². The van der Waals surface area contributed by atoms with Crippen molar-refractivity contribution >= 4 is 16.7 Å². The number of aromatic nitrogens is 1. The first-order valence-corrected chi connectivity index (χ1v) is 7.65. The van der Waals surface area contributed by atoms with E-state index < -0.39 is 0 Å². The fraction of sp³-hybridized carbons (Fsp3) is 0.471. The molecule has 2 heterocycles. The number of hydrogen-bond donors (Lipinski definition) is 1. The van der Waals surface area contributed by atoms with Crippen LogP contribution in [0.1, 0.15) is 18.4 Å². The fourth-order valence-electron chi connectivity index (χ4n) is 3.06. The molecular weight excluding hydrogens is 262 g/mol. The summed E-state index contributed by atoms with van der Waals surface area (Å²) in [4.78, 5) is 7.05. The molecule has 0 amide bonds. The van der Waals surface area contributed by atoms with Crippen LogP contribution in [0.4, 0.5) is 5.82 Å². The molecular formula is C17H23N3O. The lowest BCUT2D eigenvalue weighted by atomic mass is 10.0. The van der Waals surface area contributed by atoms with Crippen molar-refractivity contribution in [2.75, 3.05) is 31.7 Å². The number of anilines is 1. The van der Waals surface area contributed by atoms with Crippen LogP contribution >= 0.6 is 0 Å². The Balaban J connectivity index is 1.86. The van der Waals surface area contributed by atoms with Crippen molar-refractivity contribution in [2.24, 2.45) is 11.7 Å². The van der Waals surface area contributed by atoms with Crippen molar-refractivity contribution in [1.29, 1.82) is 0 Å². The van der Waals surface area contributed by atoms with Crippen LogP contribution in [0.5, 0.6) is 0 Å². The first kappa shape index (κ1) is 14.3. The first-order valence-electron chi connectivity index (χ1n) is 7.65. The van der Waals surface area contributed by atoms with Crippen molar-refractivity contribution in [2.45, 2.75) is 19.4 Å². The van der Waals surface area contributed by atoms with E-state index >= 15 is 0 Å². The Labute approximate surface area is 125 Å². The van der Waals surface area contributed by atoms with Crippen LogP contribution in [0, 0.1) is 5.92 Å². The molecule has 0 spiro atoms. The normalized spacial score (nSPS) is 18.9. The molecule has 0 saturated carbocycles. The molecule has 0 bridgehead atoms. The van der Waals surface area contributed by atoms with Crippen LogP contribution < -0.4 is 10.6 Å². The summed E-state index contributed by atoms with van der Waals surface area (Å²) in [5, 5.41) is 1.15. The Morgan fingerprint density at radius 1 is 1.38 bits per heavy atom. The maximum Gasteiger partial charge on any atom is 0.133 e. The number of nitrogens with two attached hydrogens (primary N) is 1. The highest BCUT2D eigenvalue weighted by Crippen LogP contribution is 2.24. The second-order valence-corrected chi connectivity index (χ2v) is 5.83. The lowest BCUT2D eigenvalue weighted by molar-refractivity contribution is 0.0576. The van der Waals surface area contributed by atoms with E-state index in [-0.39, 0.29) is 0 Å². The predicted molar refractivity (Wildman–Crippen MR) is 86.4 cm³/mol. The third-order valence-electron chi connectivity index (χ3n) is 4.15. The van der Waals surface area contributed by atoms with Gasteiger partial charge in [-0.05, 0) is 30.9 Å². The smallest absolute Gasteiger partial charge is 0.133 e. The van der Waals surface area contributed by atoms with Gasteiger partial charge in [-0.1, -0.05) is 18.2 Å². The number of rotatable bonds is 4. The minimum atomic E-state index is 0.513. The number of nitrogens with zero attached hydrogens (tertiary/aromatic N) is 2.